The van der Waals surface area contributed by atoms with E-state index in [0.717, 1.165) is 17.9 Å². The first kappa shape index (κ1) is 13.1. The fraction of sp³-hybridized carbons (Fsp3) is 0.188. The van der Waals surface area contributed by atoms with Crippen LogP contribution >= 0.6 is 0 Å². The van der Waals surface area contributed by atoms with E-state index in [-0.39, 0.29) is 5.75 Å². The molecule has 0 unspecified atom stereocenters. The first-order valence-electron chi connectivity index (χ1n) is 6.28. The largest absolute Gasteiger partial charge is 0.507 e. The lowest BCUT2D eigenvalue weighted by Crippen LogP contribution is -2.15. The van der Waals surface area contributed by atoms with E-state index >= 15 is 0 Å². The van der Waals surface area contributed by atoms with Crippen LogP contribution in [-0.4, -0.2) is 17.9 Å². The number of nitrogens with zero attached hydrogens (tertiary/aromatic N) is 1. The lowest BCUT2D eigenvalue weighted by molar-refractivity contribution is 0.112. The summed E-state index contributed by atoms with van der Waals surface area (Å²) >= 11 is 0. The van der Waals surface area contributed by atoms with Gasteiger partial charge in [-0.15, -0.1) is 0 Å². The lowest BCUT2D eigenvalue weighted by atomic mass is 10.1. The van der Waals surface area contributed by atoms with Crippen LogP contribution in [-0.2, 0) is 0 Å². The average Bonchev–Trinajstić information content (AvgIpc) is 2.42. The monoisotopic (exact) mass is 255 g/mol. The van der Waals surface area contributed by atoms with Crippen LogP contribution in [0.4, 0.5) is 11.4 Å². The first-order chi connectivity index (χ1) is 9.15. The molecule has 0 aliphatic rings. The molecule has 0 radical (unpaired) electrons. The Kier molecular flexibility index (Phi) is 3.85. The molecule has 0 spiro atoms. The highest BCUT2D eigenvalue weighted by Crippen LogP contribution is 2.29. The highest BCUT2D eigenvalue weighted by Gasteiger charge is 2.09. The quantitative estimate of drug-likeness (QED) is 0.847. The normalized spacial score (nSPS) is 10.2. The van der Waals surface area contributed by atoms with Crippen LogP contribution in [0.1, 0.15) is 22.8 Å². The van der Waals surface area contributed by atoms with Crippen molar-refractivity contribution >= 4 is 17.7 Å². The zero-order chi connectivity index (χ0) is 13.8. The molecule has 1 N–H and O–H groups in total. The molecule has 2 aromatic rings. The van der Waals surface area contributed by atoms with Crippen LogP contribution in [0.15, 0.2) is 42.5 Å². The SMILES string of the molecule is CCN(c1ccc(C)cc1)c1ccc(C=O)c(O)c1. The number of phenolic OH excluding ortho intramolecular Hbond substituents is 1. The summed E-state index contributed by atoms with van der Waals surface area (Å²) in [5.74, 6) is 0.0121. The number of carbonyl (C=O) groups excluding carboxylic acids is 1. The van der Waals surface area contributed by atoms with E-state index in [4.69, 9.17) is 0 Å². The number of aldehydes is 1. The third-order valence-electron chi connectivity index (χ3n) is 3.11. The van der Waals surface area contributed by atoms with Gasteiger partial charge in [0.25, 0.3) is 0 Å². The van der Waals surface area contributed by atoms with Crippen molar-refractivity contribution in [3.63, 3.8) is 0 Å². The summed E-state index contributed by atoms with van der Waals surface area (Å²) in [6, 6.07) is 13.3. The molecular weight excluding hydrogens is 238 g/mol. The van der Waals surface area contributed by atoms with Crippen LogP contribution in [0.5, 0.6) is 5.75 Å². The number of anilines is 2. The van der Waals surface area contributed by atoms with Gasteiger partial charge in [0.05, 0.1) is 5.56 Å². The molecule has 2 aromatic carbocycles. The van der Waals surface area contributed by atoms with Crippen molar-refractivity contribution in [1.82, 2.24) is 0 Å². The summed E-state index contributed by atoms with van der Waals surface area (Å²) in [7, 11) is 0. The minimum absolute atomic E-state index is 0.0121. The van der Waals surface area contributed by atoms with Crippen LogP contribution in [0.3, 0.4) is 0 Å². The molecule has 0 fully saturated rings. The number of rotatable bonds is 4. The fourth-order valence-electron chi connectivity index (χ4n) is 2.04. The molecule has 0 aliphatic carbocycles. The number of aromatic hydroxyl groups is 1. The van der Waals surface area contributed by atoms with Gasteiger partial charge >= 0.3 is 0 Å². The fourth-order valence-corrected chi connectivity index (χ4v) is 2.04. The number of hydrogen-bond donors (Lipinski definition) is 1. The van der Waals surface area contributed by atoms with Gasteiger partial charge in [-0.2, -0.15) is 0 Å². The standard InChI is InChI=1S/C16H17NO2/c1-3-17(14-7-4-12(2)5-8-14)15-9-6-13(11-18)16(19)10-15/h4-11,19H,3H2,1-2H3. The molecule has 0 saturated carbocycles. The van der Waals surface area contributed by atoms with Gasteiger partial charge in [0.15, 0.2) is 6.29 Å². The van der Waals surface area contributed by atoms with Crippen molar-refractivity contribution in [2.75, 3.05) is 11.4 Å². The van der Waals surface area contributed by atoms with E-state index in [2.05, 4.69) is 17.0 Å². The summed E-state index contributed by atoms with van der Waals surface area (Å²) < 4.78 is 0. The number of phenols is 1. The van der Waals surface area contributed by atoms with E-state index in [1.807, 2.05) is 32.0 Å². The summed E-state index contributed by atoms with van der Waals surface area (Å²) in [4.78, 5) is 12.8. The van der Waals surface area contributed by atoms with Crippen LogP contribution in [0, 0.1) is 6.92 Å². The van der Waals surface area contributed by atoms with Crippen molar-refractivity contribution in [2.45, 2.75) is 13.8 Å². The van der Waals surface area contributed by atoms with Crippen molar-refractivity contribution in [2.24, 2.45) is 0 Å². The second-order valence-electron chi connectivity index (χ2n) is 4.44. The molecule has 19 heavy (non-hydrogen) atoms. The Morgan fingerprint density at radius 3 is 2.26 bits per heavy atom. The summed E-state index contributed by atoms with van der Waals surface area (Å²) in [5, 5.41) is 9.77. The zero-order valence-electron chi connectivity index (χ0n) is 11.1. The van der Waals surface area contributed by atoms with Gasteiger partial charge in [0.2, 0.25) is 0 Å². The average molecular weight is 255 g/mol. The van der Waals surface area contributed by atoms with E-state index in [1.54, 1.807) is 12.1 Å². The Morgan fingerprint density at radius 1 is 1.11 bits per heavy atom. The Labute approximate surface area is 113 Å². The predicted molar refractivity (Wildman–Crippen MR) is 77.4 cm³/mol. The maximum absolute atomic E-state index is 10.7. The number of benzene rings is 2. The number of aryl methyl sites for hydroxylation is 1. The Morgan fingerprint density at radius 2 is 1.74 bits per heavy atom. The van der Waals surface area contributed by atoms with Gasteiger partial charge in [0, 0.05) is 24.0 Å². The van der Waals surface area contributed by atoms with E-state index < -0.39 is 0 Å². The summed E-state index contributed by atoms with van der Waals surface area (Å²) in [6.07, 6.45) is 0.654. The van der Waals surface area contributed by atoms with Crippen LogP contribution in [0.25, 0.3) is 0 Å². The van der Waals surface area contributed by atoms with Crippen molar-refractivity contribution < 1.29 is 9.90 Å². The number of hydrogen-bond acceptors (Lipinski definition) is 3. The minimum Gasteiger partial charge on any atom is -0.507 e. The highest BCUT2D eigenvalue weighted by molar-refractivity contribution is 5.81. The van der Waals surface area contributed by atoms with Gasteiger partial charge < -0.3 is 10.0 Å². The molecule has 0 aromatic heterocycles. The van der Waals surface area contributed by atoms with Crippen LogP contribution in [0.2, 0.25) is 0 Å². The third kappa shape index (κ3) is 2.76. The van der Waals surface area contributed by atoms with E-state index in [9.17, 15) is 9.90 Å². The Balaban J connectivity index is 2.39. The molecular formula is C16H17NO2. The number of carbonyl (C=O) groups is 1. The highest BCUT2D eigenvalue weighted by atomic mass is 16.3. The molecule has 0 atom stereocenters. The predicted octanol–water partition coefficient (Wildman–Crippen LogP) is 3.67. The molecule has 0 bridgehead atoms. The molecule has 0 saturated heterocycles. The van der Waals surface area contributed by atoms with Crippen molar-refractivity contribution in [3.8, 4) is 5.75 Å². The molecule has 3 nitrogen and oxygen atoms in total. The van der Waals surface area contributed by atoms with E-state index in [0.29, 0.717) is 11.8 Å². The second kappa shape index (κ2) is 5.57. The molecule has 0 heterocycles. The molecule has 0 aliphatic heterocycles. The minimum atomic E-state index is 0.0121. The van der Waals surface area contributed by atoms with E-state index in [1.165, 1.54) is 5.56 Å². The lowest BCUT2D eigenvalue weighted by Gasteiger charge is -2.23. The third-order valence-corrected chi connectivity index (χ3v) is 3.11. The first-order valence-corrected chi connectivity index (χ1v) is 6.28. The summed E-state index contributed by atoms with van der Waals surface area (Å²) in [5.41, 5.74) is 3.45. The molecule has 2 rings (SSSR count). The second-order valence-corrected chi connectivity index (χ2v) is 4.44. The van der Waals surface area contributed by atoms with Crippen LogP contribution < -0.4 is 4.90 Å². The van der Waals surface area contributed by atoms with Gasteiger partial charge in [-0.1, -0.05) is 17.7 Å². The molecule has 0 amide bonds. The van der Waals surface area contributed by atoms with Gasteiger partial charge in [-0.3, -0.25) is 4.79 Å². The summed E-state index contributed by atoms with van der Waals surface area (Å²) in [6.45, 7) is 4.87. The van der Waals surface area contributed by atoms with Gasteiger partial charge in [-0.05, 0) is 38.1 Å². The van der Waals surface area contributed by atoms with Gasteiger partial charge in [0.1, 0.15) is 5.75 Å². The smallest absolute Gasteiger partial charge is 0.153 e. The maximum atomic E-state index is 10.7. The Hall–Kier alpha value is -2.29. The maximum Gasteiger partial charge on any atom is 0.153 e. The molecule has 3 heteroatoms. The topological polar surface area (TPSA) is 40.5 Å². The van der Waals surface area contributed by atoms with Crippen molar-refractivity contribution in [1.29, 1.82) is 0 Å². The zero-order valence-corrected chi connectivity index (χ0v) is 11.1. The molecule has 98 valence electrons. The Bertz CT molecular complexity index is 576. The van der Waals surface area contributed by atoms with Crippen molar-refractivity contribution in [3.05, 3.63) is 53.6 Å². The van der Waals surface area contributed by atoms with Gasteiger partial charge in [-0.25, -0.2) is 0 Å².